The van der Waals surface area contributed by atoms with Crippen molar-refractivity contribution < 1.29 is 9.00 Å². The molecule has 2 heterocycles. The minimum Gasteiger partial charge on any atom is -0.327 e. The number of pyridine rings is 1. The van der Waals surface area contributed by atoms with Gasteiger partial charge in [0.15, 0.2) is 0 Å². The van der Waals surface area contributed by atoms with Crippen LogP contribution in [-0.4, -0.2) is 30.9 Å². The third-order valence-electron chi connectivity index (χ3n) is 3.64. The van der Waals surface area contributed by atoms with Crippen LogP contribution in [0.2, 0.25) is 5.02 Å². The Balaban J connectivity index is 1.89. The number of halogens is 1. The molecular weight excluding hydrogens is 384 g/mol. The maximum Gasteiger partial charge on any atom is 0.286 e. The van der Waals surface area contributed by atoms with Crippen LogP contribution in [0.3, 0.4) is 0 Å². The van der Waals surface area contributed by atoms with Gasteiger partial charge >= 0.3 is 0 Å². The summed E-state index contributed by atoms with van der Waals surface area (Å²) in [5.74, 6) is 5.27. The minimum atomic E-state index is -2.90. The van der Waals surface area contributed by atoms with Crippen LogP contribution in [0.15, 0.2) is 64.5 Å². The summed E-state index contributed by atoms with van der Waals surface area (Å²) in [6.07, 6.45) is 7.62. The molecular formula is C19H15ClN4O2S. The van der Waals surface area contributed by atoms with Gasteiger partial charge < -0.3 is 4.57 Å². The van der Waals surface area contributed by atoms with Crippen molar-refractivity contribution in [2.24, 2.45) is 11.4 Å². The molecule has 8 heteroatoms. The highest BCUT2D eigenvalue weighted by Gasteiger charge is 2.12. The van der Waals surface area contributed by atoms with Gasteiger partial charge in [0.25, 0.3) is 5.91 Å². The largest absolute Gasteiger partial charge is 0.327 e. The average molecular weight is 399 g/mol. The second kappa shape index (κ2) is 7.74. The van der Waals surface area contributed by atoms with Crippen molar-refractivity contribution in [2.45, 2.75) is 4.90 Å². The Morgan fingerprint density at radius 2 is 1.89 bits per heavy atom. The van der Waals surface area contributed by atoms with Gasteiger partial charge in [0.05, 0.1) is 27.8 Å². The van der Waals surface area contributed by atoms with E-state index in [2.05, 4.69) is 26.2 Å². The molecule has 3 rings (SSSR count). The van der Waals surface area contributed by atoms with E-state index >= 15 is 0 Å². The van der Waals surface area contributed by atoms with E-state index in [1.807, 2.05) is 7.05 Å². The Morgan fingerprint density at radius 1 is 1.15 bits per heavy atom. The summed E-state index contributed by atoms with van der Waals surface area (Å²) < 4.78 is 18.5. The van der Waals surface area contributed by atoms with E-state index in [1.54, 1.807) is 53.6 Å². The zero-order valence-corrected chi connectivity index (χ0v) is 16.2. The zero-order chi connectivity index (χ0) is 19.4. The molecule has 1 amide bonds. The number of benzene rings is 1. The standard InChI is InChI=1S/C19H15ClN4O2S/c1-24-13-22-12-17(24)6-3-14-9-15(11-21-10-14)19(25)23-27(2,26)18-7-4-16(20)5-8-18/h4-5,7-13H,1-2H3. The van der Waals surface area contributed by atoms with Gasteiger partial charge in [0.1, 0.15) is 5.69 Å². The van der Waals surface area contributed by atoms with Crippen LogP contribution in [0.1, 0.15) is 21.6 Å². The summed E-state index contributed by atoms with van der Waals surface area (Å²) in [6.45, 7) is 0. The van der Waals surface area contributed by atoms with E-state index in [9.17, 15) is 9.00 Å². The lowest BCUT2D eigenvalue weighted by molar-refractivity contribution is 0.100. The number of hydrogen-bond acceptors (Lipinski definition) is 4. The SMILES string of the molecule is Cn1cncc1C#Cc1cncc(C(=O)N=S(C)(=O)c2ccc(Cl)cc2)c1. The summed E-state index contributed by atoms with van der Waals surface area (Å²) in [5, 5.41) is 0.518. The molecule has 0 radical (unpaired) electrons. The number of imidazole rings is 1. The Labute approximate surface area is 162 Å². The number of carbonyl (C=O) groups excluding carboxylic acids is 1. The Bertz CT molecular complexity index is 1180. The van der Waals surface area contributed by atoms with Crippen LogP contribution < -0.4 is 0 Å². The van der Waals surface area contributed by atoms with E-state index < -0.39 is 15.6 Å². The van der Waals surface area contributed by atoms with Crippen molar-refractivity contribution in [2.75, 3.05) is 6.26 Å². The fourth-order valence-corrected chi connectivity index (χ4v) is 3.48. The molecule has 0 bridgehead atoms. The Kier molecular flexibility index (Phi) is 5.40. The number of amides is 1. The van der Waals surface area contributed by atoms with E-state index in [4.69, 9.17) is 11.6 Å². The van der Waals surface area contributed by atoms with Gasteiger partial charge in [-0.05, 0) is 36.3 Å². The van der Waals surface area contributed by atoms with Gasteiger partial charge in [-0.15, -0.1) is 0 Å². The van der Waals surface area contributed by atoms with Crippen LogP contribution in [0.5, 0.6) is 0 Å². The Hall–Kier alpha value is -2.95. The first-order valence-corrected chi connectivity index (χ1v) is 10.1. The highest BCUT2D eigenvalue weighted by Crippen LogP contribution is 2.17. The quantitative estimate of drug-likeness (QED) is 0.621. The molecule has 27 heavy (non-hydrogen) atoms. The van der Waals surface area contributed by atoms with Crippen LogP contribution in [0.4, 0.5) is 0 Å². The second-order valence-electron chi connectivity index (χ2n) is 5.75. The minimum absolute atomic E-state index is 0.218. The molecule has 0 saturated carbocycles. The summed E-state index contributed by atoms with van der Waals surface area (Å²) in [4.78, 5) is 20.9. The number of carbonyl (C=O) groups is 1. The van der Waals surface area contributed by atoms with Gasteiger partial charge in [0.2, 0.25) is 0 Å². The maximum absolute atomic E-state index is 12.8. The predicted molar refractivity (Wildman–Crippen MR) is 104 cm³/mol. The first-order valence-electron chi connectivity index (χ1n) is 7.80. The maximum atomic E-state index is 12.8. The number of rotatable bonds is 2. The predicted octanol–water partition coefficient (Wildman–Crippen LogP) is 3.17. The Morgan fingerprint density at radius 3 is 2.56 bits per heavy atom. The molecule has 0 aliphatic carbocycles. The number of nitrogens with zero attached hydrogens (tertiary/aromatic N) is 4. The third-order valence-corrected chi connectivity index (χ3v) is 5.56. The molecule has 0 fully saturated rings. The fourth-order valence-electron chi connectivity index (χ4n) is 2.19. The van der Waals surface area contributed by atoms with Crippen molar-refractivity contribution in [1.82, 2.24) is 14.5 Å². The average Bonchev–Trinajstić information content (AvgIpc) is 3.05. The van der Waals surface area contributed by atoms with Crippen LogP contribution in [0.25, 0.3) is 0 Å². The lowest BCUT2D eigenvalue weighted by Crippen LogP contribution is -2.04. The molecule has 0 saturated heterocycles. The second-order valence-corrected chi connectivity index (χ2v) is 8.45. The highest BCUT2D eigenvalue weighted by molar-refractivity contribution is 7.93. The summed E-state index contributed by atoms with van der Waals surface area (Å²) in [7, 11) is -1.06. The van der Waals surface area contributed by atoms with Gasteiger partial charge in [-0.25, -0.2) is 9.19 Å². The molecule has 2 aromatic heterocycles. The van der Waals surface area contributed by atoms with Gasteiger partial charge in [-0.3, -0.25) is 9.78 Å². The molecule has 136 valence electrons. The first kappa shape index (κ1) is 18.8. The molecule has 6 nitrogen and oxygen atoms in total. The van der Waals surface area contributed by atoms with Gasteiger partial charge in [-0.2, -0.15) is 4.36 Å². The molecule has 0 aliphatic heterocycles. The molecule has 1 aromatic carbocycles. The van der Waals surface area contributed by atoms with Crippen molar-refractivity contribution in [3.63, 3.8) is 0 Å². The monoisotopic (exact) mass is 398 g/mol. The summed E-state index contributed by atoms with van der Waals surface area (Å²) in [5.41, 5.74) is 1.50. The lowest BCUT2D eigenvalue weighted by Gasteiger charge is -2.04. The van der Waals surface area contributed by atoms with Crippen LogP contribution in [0, 0.1) is 11.8 Å². The zero-order valence-electron chi connectivity index (χ0n) is 14.6. The van der Waals surface area contributed by atoms with E-state index in [1.165, 1.54) is 12.5 Å². The van der Waals surface area contributed by atoms with E-state index in [0.717, 1.165) is 5.69 Å². The van der Waals surface area contributed by atoms with Crippen molar-refractivity contribution in [3.8, 4) is 11.8 Å². The highest BCUT2D eigenvalue weighted by atomic mass is 35.5. The van der Waals surface area contributed by atoms with Gasteiger partial charge in [0, 0.05) is 41.2 Å². The molecule has 3 aromatic rings. The summed E-state index contributed by atoms with van der Waals surface area (Å²) >= 11 is 5.84. The normalized spacial score (nSPS) is 12.6. The van der Waals surface area contributed by atoms with E-state index in [-0.39, 0.29) is 5.56 Å². The molecule has 0 N–H and O–H groups in total. The van der Waals surface area contributed by atoms with Crippen molar-refractivity contribution in [3.05, 3.63) is 77.1 Å². The van der Waals surface area contributed by atoms with Crippen molar-refractivity contribution >= 4 is 27.2 Å². The molecule has 1 atom stereocenters. The summed E-state index contributed by atoms with van der Waals surface area (Å²) in [6, 6.07) is 7.97. The third kappa shape index (κ3) is 4.61. The van der Waals surface area contributed by atoms with Gasteiger partial charge in [-0.1, -0.05) is 17.5 Å². The van der Waals surface area contributed by atoms with Crippen molar-refractivity contribution in [1.29, 1.82) is 0 Å². The molecule has 1 unspecified atom stereocenters. The van der Waals surface area contributed by atoms with E-state index in [0.29, 0.717) is 15.5 Å². The first-order chi connectivity index (χ1) is 12.8. The molecule has 0 aliphatic rings. The number of hydrogen-bond donors (Lipinski definition) is 0. The number of aromatic nitrogens is 3. The topological polar surface area (TPSA) is 77.2 Å². The molecule has 0 spiro atoms. The van der Waals surface area contributed by atoms with Crippen LogP contribution in [-0.2, 0) is 16.8 Å². The fraction of sp³-hybridized carbons (Fsp3) is 0.105. The van der Waals surface area contributed by atoms with Crippen LogP contribution >= 0.6 is 11.6 Å². The smallest absolute Gasteiger partial charge is 0.286 e. The lowest BCUT2D eigenvalue weighted by atomic mass is 10.2. The number of aryl methyl sites for hydroxylation is 1.